The maximum atomic E-state index is 2.62. The van der Waals surface area contributed by atoms with Crippen molar-refractivity contribution in [1.82, 2.24) is 0 Å². The lowest BCUT2D eigenvalue weighted by molar-refractivity contribution is 0.977. The minimum absolute atomic E-state index is 1.03. The first-order chi connectivity index (χ1) is 22.0. The minimum atomic E-state index is -2.22. The van der Waals surface area contributed by atoms with Gasteiger partial charge in [-0.1, -0.05) is 147 Å². The van der Waals surface area contributed by atoms with Crippen LogP contribution in [-0.4, -0.2) is 16.1 Å². The predicted octanol–water partition coefficient (Wildman–Crippen LogP) is 5.66. The molecule has 45 heavy (non-hydrogen) atoms. The molecule has 0 unspecified atom stereocenters. The van der Waals surface area contributed by atoms with Crippen LogP contribution >= 0.6 is 0 Å². The first-order valence-electron chi connectivity index (χ1n) is 16.7. The van der Waals surface area contributed by atoms with Gasteiger partial charge in [0.25, 0.3) is 0 Å². The Kier molecular flexibility index (Phi) is 6.10. The van der Waals surface area contributed by atoms with Crippen molar-refractivity contribution in [3.8, 4) is 11.1 Å². The normalized spacial score (nSPS) is 16.6. The zero-order valence-electron chi connectivity index (χ0n) is 26.2. The third-order valence-electron chi connectivity index (χ3n) is 11.6. The van der Waals surface area contributed by atoms with Crippen molar-refractivity contribution in [2.24, 2.45) is 0 Å². The van der Waals surface area contributed by atoms with Crippen LogP contribution in [0.2, 0.25) is 13.1 Å². The van der Waals surface area contributed by atoms with Gasteiger partial charge in [0.15, 0.2) is 0 Å². The average Bonchev–Trinajstić information content (AvgIpc) is 3.33. The summed E-state index contributed by atoms with van der Waals surface area (Å²) in [6.07, 6.45) is 5.53. The summed E-state index contributed by atoms with van der Waals surface area (Å²) in [5.74, 6) is 0. The molecular weight excluding hydrogens is 573 g/mol. The van der Waals surface area contributed by atoms with Gasteiger partial charge in [-0.25, -0.2) is 0 Å². The molecule has 1 aliphatic carbocycles. The molecule has 0 spiro atoms. The molecule has 0 N–H and O–H groups in total. The smallest absolute Gasteiger partial charge is 0.0623 e. The minimum Gasteiger partial charge on any atom is -0.0623 e. The summed E-state index contributed by atoms with van der Waals surface area (Å²) in [6.45, 7) is 5.22. The summed E-state index contributed by atoms with van der Waals surface area (Å²) in [7, 11) is -4.44. The van der Waals surface area contributed by atoms with E-state index in [-0.39, 0.29) is 0 Å². The second kappa shape index (κ2) is 10.1. The van der Waals surface area contributed by atoms with E-state index in [1.54, 1.807) is 20.7 Å². The molecule has 0 nitrogen and oxygen atoms in total. The van der Waals surface area contributed by atoms with Crippen molar-refractivity contribution < 1.29 is 0 Å². The van der Waals surface area contributed by atoms with Crippen molar-refractivity contribution in [3.05, 3.63) is 167 Å². The van der Waals surface area contributed by atoms with E-state index in [0.29, 0.717) is 0 Å². The van der Waals surface area contributed by atoms with Gasteiger partial charge in [0, 0.05) is 0 Å². The molecule has 0 aromatic heterocycles. The van der Waals surface area contributed by atoms with Crippen molar-refractivity contribution in [2.45, 2.75) is 45.2 Å². The van der Waals surface area contributed by atoms with Crippen LogP contribution in [0.5, 0.6) is 0 Å². The Hall–Kier alpha value is -4.25. The molecule has 0 saturated heterocycles. The molecule has 0 amide bonds. The van der Waals surface area contributed by atoms with E-state index in [1.807, 2.05) is 0 Å². The van der Waals surface area contributed by atoms with Crippen LogP contribution < -0.4 is 31.1 Å². The van der Waals surface area contributed by atoms with Crippen LogP contribution in [0.25, 0.3) is 11.1 Å². The van der Waals surface area contributed by atoms with Gasteiger partial charge in [0.2, 0.25) is 0 Å². The average molecular weight is 611 g/mol. The van der Waals surface area contributed by atoms with E-state index >= 15 is 0 Å². The standard InChI is InChI=1S/C43H38Si2/c1-44(40-15-7-3-11-30(40)19-20-31-12-4-8-16-41(31)44)36-25-23-34-27-35-24-26-37(29-39(35)38(34)28-36)45(2)42-17-9-5-13-32(42)21-22-33-14-6-10-18-43(33)45/h3-18,23-26,28-29H,19-22,27H2,1-2H3. The van der Waals surface area contributed by atoms with E-state index < -0.39 is 16.1 Å². The van der Waals surface area contributed by atoms with Gasteiger partial charge < -0.3 is 0 Å². The van der Waals surface area contributed by atoms with Gasteiger partial charge in [0.05, 0.1) is 0 Å². The summed E-state index contributed by atoms with van der Waals surface area (Å²) >= 11 is 0. The topological polar surface area (TPSA) is 0 Å². The Labute approximate surface area is 269 Å². The fourth-order valence-corrected chi connectivity index (χ4v) is 17.8. The molecular formula is C43H38Si2. The first-order valence-corrected chi connectivity index (χ1v) is 21.7. The first kappa shape index (κ1) is 27.1. The van der Waals surface area contributed by atoms with Gasteiger partial charge in [-0.3, -0.25) is 0 Å². The number of rotatable bonds is 2. The number of hydrogen-bond acceptors (Lipinski definition) is 0. The van der Waals surface area contributed by atoms with Gasteiger partial charge in [-0.2, -0.15) is 0 Å². The largest absolute Gasteiger partial charge is 0.146 e. The van der Waals surface area contributed by atoms with Crippen LogP contribution in [0, 0.1) is 0 Å². The molecule has 2 heterocycles. The monoisotopic (exact) mass is 610 g/mol. The Morgan fingerprint density at radius 1 is 0.356 bits per heavy atom. The highest BCUT2D eigenvalue weighted by Gasteiger charge is 2.41. The maximum Gasteiger partial charge on any atom is 0.146 e. The van der Waals surface area contributed by atoms with E-state index in [2.05, 4.69) is 147 Å². The molecule has 0 saturated carbocycles. The molecule has 6 aromatic carbocycles. The van der Waals surface area contributed by atoms with E-state index in [4.69, 9.17) is 0 Å². The highest BCUT2D eigenvalue weighted by molar-refractivity contribution is 7.11. The van der Waals surface area contributed by atoms with Crippen molar-refractivity contribution >= 4 is 47.3 Å². The van der Waals surface area contributed by atoms with Crippen molar-refractivity contribution in [1.29, 1.82) is 0 Å². The lowest BCUT2D eigenvalue weighted by atomic mass is 10.0. The van der Waals surface area contributed by atoms with Crippen LogP contribution in [0.4, 0.5) is 0 Å². The zero-order valence-corrected chi connectivity index (χ0v) is 28.2. The summed E-state index contributed by atoms with van der Waals surface area (Å²) in [4.78, 5) is 0. The second-order valence-electron chi connectivity index (χ2n) is 13.8. The number of fused-ring (bicyclic) bond motifs is 7. The van der Waals surface area contributed by atoms with Crippen LogP contribution in [0.1, 0.15) is 33.4 Å². The molecule has 0 fully saturated rings. The molecule has 0 atom stereocenters. The number of aryl methyl sites for hydroxylation is 4. The molecule has 6 aromatic rings. The second-order valence-corrected chi connectivity index (χ2v) is 21.6. The SMILES string of the molecule is C[Si]1(c2ccc3c(c2)-c2cc([Si]4(C)c5ccccc5CCc5ccccc54)ccc2C3)c2ccccc2CCc2ccccc21. The number of benzene rings is 6. The highest BCUT2D eigenvalue weighted by Crippen LogP contribution is 2.36. The zero-order chi connectivity index (χ0) is 30.2. The Balaban J connectivity index is 1.24. The third-order valence-corrected chi connectivity index (χ3v) is 20.8. The van der Waals surface area contributed by atoms with Crippen LogP contribution in [0.15, 0.2) is 133 Å². The quantitative estimate of drug-likeness (QED) is 0.222. The van der Waals surface area contributed by atoms with E-state index in [9.17, 15) is 0 Å². The molecule has 0 radical (unpaired) electrons. The summed E-state index contributed by atoms with van der Waals surface area (Å²) in [5, 5.41) is 9.44. The maximum absolute atomic E-state index is 2.62. The molecule has 9 rings (SSSR count). The van der Waals surface area contributed by atoms with Crippen LogP contribution in [0.3, 0.4) is 0 Å². The Bertz CT molecular complexity index is 1890. The fraction of sp³-hybridized carbons (Fsp3) is 0.163. The Morgan fingerprint density at radius 3 is 1.00 bits per heavy atom. The molecule has 2 heteroatoms. The van der Waals surface area contributed by atoms with Gasteiger partial charge in [-0.15, -0.1) is 0 Å². The molecule has 0 bridgehead atoms. The van der Waals surface area contributed by atoms with Crippen molar-refractivity contribution in [3.63, 3.8) is 0 Å². The third kappa shape index (κ3) is 3.95. The number of hydrogen-bond donors (Lipinski definition) is 0. The summed E-state index contributed by atoms with van der Waals surface area (Å²) < 4.78 is 0. The summed E-state index contributed by atoms with van der Waals surface area (Å²) in [6, 6.07) is 52.4. The highest BCUT2D eigenvalue weighted by atomic mass is 28.3. The Morgan fingerprint density at radius 2 is 0.667 bits per heavy atom. The van der Waals surface area contributed by atoms with Gasteiger partial charge >= 0.3 is 0 Å². The van der Waals surface area contributed by atoms with Gasteiger partial charge in [0.1, 0.15) is 16.1 Å². The van der Waals surface area contributed by atoms with E-state index in [0.717, 1.165) is 32.1 Å². The lowest BCUT2D eigenvalue weighted by Gasteiger charge is -2.32. The molecule has 2 aliphatic heterocycles. The predicted molar refractivity (Wildman–Crippen MR) is 196 cm³/mol. The van der Waals surface area contributed by atoms with Gasteiger partial charge in [-0.05, 0) is 108 Å². The fourth-order valence-electron chi connectivity index (χ4n) is 9.15. The van der Waals surface area contributed by atoms with E-state index in [1.165, 1.54) is 54.9 Å². The molecule has 218 valence electrons. The van der Waals surface area contributed by atoms with Crippen molar-refractivity contribution in [2.75, 3.05) is 0 Å². The summed E-state index contributed by atoms with van der Waals surface area (Å²) in [5.41, 5.74) is 12.0. The lowest BCUT2D eigenvalue weighted by Crippen LogP contribution is -2.66. The van der Waals surface area contributed by atoms with Crippen LogP contribution in [-0.2, 0) is 32.1 Å². The molecule has 3 aliphatic rings.